The summed E-state index contributed by atoms with van der Waals surface area (Å²) in [5, 5.41) is 0. The maximum absolute atomic E-state index is 11.5. The fourth-order valence-corrected chi connectivity index (χ4v) is 2.55. The van der Waals surface area contributed by atoms with Gasteiger partial charge in [0.15, 0.2) is 0 Å². The van der Waals surface area contributed by atoms with Gasteiger partial charge in [-0.3, -0.25) is 0 Å². The highest BCUT2D eigenvalue weighted by atomic mass is 16.5. The van der Waals surface area contributed by atoms with E-state index in [9.17, 15) is 4.79 Å². The molecule has 2 rings (SSSR count). The molecule has 18 heavy (non-hydrogen) atoms. The second-order valence-corrected chi connectivity index (χ2v) is 5.69. The number of carbonyl (C=O) groups is 1. The number of fused-ring (bicyclic) bond motifs is 1. The molecule has 2 nitrogen and oxygen atoms in total. The van der Waals surface area contributed by atoms with E-state index in [0.29, 0.717) is 0 Å². The molecule has 0 heterocycles. The van der Waals surface area contributed by atoms with Crippen molar-refractivity contribution in [3.63, 3.8) is 0 Å². The molecule has 0 fully saturated rings. The van der Waals surface area contributed by atoms with E-state index in [1.54, 1.807) is 6.08 Å². The molecule has 96 valence electrons. The zero-order valence-corrected chi connectivity index (χ0v) is 11.3. The van der Waals surface area contributed by atoms with E-state index in [0.717, 1.165) is 24.8 Å². The average molecular weight is 244 g/mol. The van der Waals surface area contributed by atoms with E-state index >= 15 is 0 Å². The average Bonchev–Trinajstić information content (AvgIpc) is 2.47. The van der Waals surface area contributed by atoms with Crippen LogP contribution in [0.2, 0.25) is 0 Å². The van der Waals surface area contributed by atoms with Crippen LogP contribution in [0.15, 0.2) is 30.3 Å². The highest BCUT2D eigenvalue weighted by molar-refractivity contribution is 5.92. The van der Waals surface area contributed by atoms with E-state index in [2.05, 4.69) is 32.0 Å². The Balaban J connectivity index is 2.47. The first-order valence-electron chi connectivity index (χ1n) is 6.39. The van der Waals surface area contributed by atoms with Gasteiger partial charge >= 0.3 is 5.97 Å². The quantitative estimate of drug-likeness (QED) is 0.428. The molecule has 0 unspecified atom stereocenters. The lowest BCUT2D eigenvalue weighted by Crippen LogP contribution is -2.11. The lowest BCUT2D eigenvalue weighted by molar-refractivity contribution is -0.134. The minimum Gasteiger partial charge on any atom is -0.466 e. The third kappa shape index (κ3) is 2.81. The molecule has 0 radical (unpaired) electrons. The SMILES string of the molecule is COC(=O)/C=C1\CC(C)(C)CCc2ccccc21. The van der Waals surface area contributed by atoms with Crippen molar-refractivity contribution in [2.75, 3.05) is 7.11 Å². The molecule has 0 bridgehead atoms. The number of aryl methyl sites for hydroxylation is 1. The molecule has 0 saturated carbocycles. The lowest BCUT2D eigenvalue weighted by atomic mass is 9.83. The van der Waals surface area contributed by atoms with Gasteiger partial charge < -0.3 is 4.74 Å². The van der Waals surface area contributed by atoms with Gasteiger partial charge in [0.2, 0.25) is 0 Å². The molecule has 1 aliphatic carbocycles. The van der Waals surface area contributed by atoms with Gasteiger partial charge in [-0.2, -0.15) is 0 Å². The van der Waals surface area contributed by atoms with Crippen LogP contribution in [0.3, 0.4) is 0 Å². The van der Waals surface area contributed by atoms with Crippen molar-refractivity contribution in [2.45, 2.75) is 33.1 Å². The van der Waals surface area contributed by atoms with Gasteiger partial charge in [-0.1, -0.05) is 38.1 Å². The molecule has 2 heteroatoms. The van der Waals surface area contributed by atoms with Crippen LogP contribution in [-0.2, 0) is 16.0 Å². The van der Waals surface area contributed by atoms with Gasteiger partial charge in [0.25, 0.3) is 0 Å². The molecular formula is C16H20O2. The molecule has 0 atom stereocenters. The number of rotatable bonds is 1. The predicted octanol–water partition coefficient (Wildman–Crippen LogP) is 3.61. The monoisotopic (exact) mass is 244 g/mol. The van der Waals surface area contributed by atoms with E-state index in [1.807, 2.05) is 6.07 Å². The van der Waals surface area contributed by atoms with Crippen LogP contribution >= 0.6 is 0 Å². The van der Waals surface area contributed by atoms with Gasteiger partial charge in [-0.15, -0.1) is 0 Å². The normalized spacial score (nSPS) is 20.1. The summed E-state index contributed by atoms with van der Waals surface area (Å²) in [6, 6.07) is 8.35. The van der Waals surface area contributed by atoms with Crippen LogP contribution in [-0.4, -0.2) is 13.1 Å². The number of hydrogen-bond acceptors (Lipinski definition) is 2. The Morgan fingerprint density at radius 1 is 1.33 bits per heavy atom. The van der Waals surface area contributed by atoms with E-state index in [1.165, 1.54) is 18.2 Å². The zero-order chi connectivity index (χ0) is 13.2. The Morgan fingerprint density at radius 2 is 2.06 bits per heavy atom. The third-order valence-electron chi connectivity index (χ3n) is 3.60. The van der Waals surface area contributed by atoms with Crippen LogP contribution < -0.4 is 0 Å². The van der Waals surface area contributed by atoms with Gasteiger partial charge in [0.05, 0.1) is 7.11 Å². The molecule has 0 aromatic heterocycles. The van der Waals surface area contributed by atoms with Crippen molar-refractivity contribution in [1.82, 2.24) is 0 Å². The Hall–Kier alpha value is -1.57. The van der Waals surface area contributed by atoms with Gasteiger partial charge in [-0.25, -0.2) is 4.79 Å². The Morgan fingerprint density at radius 3 is 2.78 bits per heavy atom. The minimum atomic E-state index is -0.266. The van der Waals surface area contributed by atoms with Crippen LogP contribution in [0.25, 0.3) is 5.57 Å². The molecule has 0 spiro atoms. The number of allylic oxidation sites excluding steroid dienone is 1. The summed E-state index contributed by atoms with van der Waals surface area (Å²) in [7, 11) is 1.42. The predicted molar refractivity (Wildman–Crippen MR) is 73.2 cm³/mol. The van der Waals surface area contributed by atoms with Crippen molar-refractivity contribution >= 4 is 11.5 Å². The van der Waals surface area contributed by atoms with Crippen LogP contribution in [0.5, 0.6) is 0 Å². The largest absolute Gasteiger partial charge is 0.466 e. The first-order valence-corrected chi connectivity index (χ1v) is 6.39. The molecule has 1 aromatic rings. The fraction of sp³-hybridized carbons (Fsp3) is 0.438. The summed E-state index contributed by atoms with van der Waals surface area (Å²) in [6.07, 6.45) is 4.77. The number of ether oxygens (including phenoxy) is 1. The Labute approximate surface area is 109 Å². The van der Waals surface area contributed by atoms with E-state index in [-0.39, 0.29) is 11.4 Å². The number of hydrogen-bond donors (Lipinski definition) is 0. The highest BCUT2D eigenvalue weighted by Gasteiger charge is 2.25. The maximum atomic E-state index is 11.5. The number of carbonyl (C=O) groups excluding carboxylic acids is 1. The van der Waals surface area contributed by atoms with E-state index in [4.69, 9.17) is 4.74 Å². The summed E-state index contributed by atoms with van der Waals surface area (Å²) < 4.78 is 4.76. The number of methoxy groups -OCH3 is 1. The molecule has 1 aliphatic rings. The molecule has 0 N–H and O–H groups in total. The second-order valence-electron chi connectivity index (χ2n) is 5.69. The lowest BCUT2D eigenvalue weighted by Gasteiger charge is -2.22. The van der Waals surface area contributed by atoms with Gasteiger partial charge in [-0.05, 0) is 41.4 Å². The second kappa shape index (κ2) is 4.97. The van der Waals surface area contributed by atoms with Crippen LogP contribution in [0.1, 0.15) is 37.8 Å². The molecule has 0 amide bonds. The van der Waals surface area contributed by atoms with Crippen molar-refractivity contribution in [2.24, 2.45) is 5.41 Å². The molecule has 1 aromatic carbocycles. The zero-order valence-electron chi connectivity index (χ0n) is 11.3. The third-order valence-corrected chi connectivity index (χ3v) is 3.60. The van der Waals surface area contributed by atoms with Crippen LogP contribution in [0, 0.1) is 5.41 Å². The fourth-order valence-electron chi connectivity index (χ4n) is 2.55. The first-order chi connectivity index (χ1) is 8.52. The molecule has 0 saturated heterocycles. The van der Waals surface area contributed by atoms with Crippen molar-refractivity contribution in [3.05, 3.63) is 41.5 Å². The van der Waals surface area contributed by atoms with Gasteiger partial charge in [0.1, 0.15) is 0 Å². The summed E-state index contributed by atoms with van der Waals surface area (Å²) >= 11 is 0. The first kappa shape index (κ1) is 12.9. The molecule has 0 aliphatic heterocycles. The van der Waals surface area contributed by atoms with Gasteiger partial charge in [0, 0.05) is 6.08 Å². The van der Waals surface area contributed by atoms with Crippen molar-refractivity contribution in [3.8, 4) is 0 Å². The minimum absolute atomic E-state index is 0.221. The number of esters is 1. The molecular weight excluding hydrogens is 224 g/mol. The maximum Gasteiger partial charge on any atom is 0.330 e. The summed E-state index contributed by atoms with van der Waals surface area (Å²) in [5.74, 6) is -0.266. The highest BCUT2D eigenvalue weighted by Crippen LogP contribution is 2.39. The smallest absolute Gasteiger partial charge is 0.330 e. The van der Waals surface area contributed by atoms with Crippen molar-refractivity contribution < 1.29 is 9.53 Å². The topological polar surface area (TPSA) is 26.3 Å². The number of benzene rings is 1. The van der Waals surface area contributed by atoms with Crippen molar-refractivity contribution in [1.29, 1.82) is 0 Å². The summed E-state index contributed by atoms with van der Waals surface area (Å²) in [4.78, 5) is 11.5. The standard InChI is InChI=1S/C16H20O2/c1-16(2)9-8-12-6-4-5-7-14(12)13(11-16)10-15(17)18-3/h4-7,10H,8-9,11H2,1-3H3/b13-10+. The Bertz CT molecular complexity index is 484. The summed E-state index contributed by atoms with van der Waals surface area (Å²) in [5.41, 5.74) is 3.85. The summed E-state index contributed by atoms with van der Waals surface area (Å²) in [6.45, 7) is 4.51. The van der Waals surface area contributed by atoms with E-state index < -0.39 is 0 Å². The van der Waals surface area contributed by atoms with Crippen LogP contribution in [0.4, 0.5) is 0 Å². The Kier molecular flexibility index (Phi) is 3.55.